The van der Waals surface area contributed by atoms with E-state index in [0.29, 0.717) is 15.7 Å². The van der Waals surface area contributed by atoms with E-state index in [1.165, 1.54) is 18.2 Å². The number of carbonyl (C=O) groups is 1. The van der Waals surface area contributed by atoms with Crippen LogP contribution < -0.4 is 5.32 Å². The van der Waals surface area contributed by atoms with Crippen LogP contribution in [0.5, 0.6) is 0 Å². The van der Waals surface area contributed by atoms with Gasteiger partial charge in [0.2, 0.25) is 0 Å². The fourth-order valence-corrected chi connectivity index (χ4v) is 2.82. The van der Waals surface area contributed by atoms with Crippen molar-refractivity contribution in [3.05, 3.63) is 70.9 Å². The maximum absolute atomic E-state index is 13.2. The molecule has 0 saturated carbocycles. The van der Waals surface area contributed by atoms with Crippen molar-refractivity contribution in [1.82, 2.24) is 4.98 Å². The Labute approximate surface area is 135 Å². The van der Waals surface area contributed by atoms with Crippen LogP contribution in [0.1, 0.15) is 15.2 Å². The molecule has 0 aliphatic rings. The number of hydrogen-bond donors (Lipinski definition) is 1. The number of nitriles is 1. The average Bonchev–Trinajstić information content (AvgIpc) is 2.98. The molecule has 23 heavy (non-hydrogen) atoms. The number of benzene rings is 2. The minimum atomic E-state index is -0.487. The number of nitrogens with zero attached hydrogens (tertiary/aromatic N) is 2. The normalized spacial score (nSPS) is 10.1. The number of thiazole rings is 1. The summed E-state index contributed by atoms with van der Waals surface area (Å²) in [6, 6.07) is 16.7. The first-order chi connectivity index (χ1) is 11.2. The number of carbonyl (C=O) groups excluding carboxylic acids is 1. The van der Waals surface area contributed by atoms with Gasteiger partial charge in [0.15, 0.2) is 5.13 Å². The molecular weight excluding hydrogens is 313 g/mol. The number of hydrogen-bond acceptors (Lipinski definition) is 4. The first kappa shape index (κ1) is 14.9. The van der Waals surface area contributed by atoms with Crippen LogP contribution in [0.3, 0.4) is 0 Å². The zero-order chi connectivity index (χ0) is 16.2. The smallest absolute Gasteiger partial charge is 0.257 e. The van der Waals surface area contributed by atoms with Crippen molar-refractivity contribution in [1.29, 1.82) is 5.26 Å². The van der Waals surface area contributed by atoms with Crippen LogP contribution in [0, 0.1) is 17.1 Å². The molecule has 3 aromatic rings. The van der Waals surface area contributed by atoms with Gasteiger partial charge in [-0.3, -0.25) is 10.1 Å². The van der Waals surface area contributed by atoms with E-state index in [9.17, 15) is 14.4 Å². The summed E-state index contributed by atoms with van der Waals surface area (Å²) in [6.45, 7) is 0. The highest BCUT2D eigenvalue weighted by molar-refractivity contribution is 7.16. The van der Waals surface area contributed by atoms with Crippen LogP contribution in [0.2, 0.25) is 0 Å². The lowest BCUT2D eigenvalue weighted by atomic mass is 10.1. The van der Waals surface area contributed by atoms with E-state index in [1.807, 2.05) is 30.3 Å². The second kappa shape index (κ2) is 6.38. The molecule has 4 nitrogen and oxygen atoms in total. The maximum atomic E-state index is 13.2. The topological polar surface area (TPSA) is 65.8 Å². The van der Waals surface area contributed by atoms with Gasteiger partial charge in [-0.2, -0.15) is 5.26 Å². The highest BCUT2D eigenvalue weighted by Crippen LogP contribution is 2.30. The highest BCUT2D eigenvalue weighted by atomic mass is 32.1. The van der Waals surface area contributed by atoms with Crippen molar-refractivity contribution in [2.75, 3.05) is 5.32 Å². The average molecular weight is 323 g/mol. The summed E-state index contributed by atoms with van der Waals surface area (Å²) in [5.74, 6) is -0.957. The molecule has 1 amide bonds. The summed E-state index contributed by atoms with van der Waals surface area (Å²) in [6.07, 6.45) is 0. The predicted octanol–water partition coefficient (Wildman–Crippen LogP) is 4.07. The first-order valence-electron chi connectivity index (χ1n) is 6.70. The molecule has 0 radical (unpaired) electrons. The lowest BCUT2D eigenvalue weighted by Crippen LogP contribution is -2.11. The molecule has 0 aliphatic heterocycles. The fourth-order valence-electron chi connectivity index (χ4n) is 2.04. The lowest BCUT2D eigenvalue weighted by Gasteiger charge is -2.01. The number of halogens is 1. The zero-order valence-electron chi connectivity index (χ0n) is 11.8. The molecule has 2 aromatic carbocycles. The monoisotopic (exact) mass is 323 g/mol. The van der Waals surface area contributed by atoms with Crippen LogP contribution in [0.4, 0.5) is 9.52 Å². The molecule has 1 aromatic heterocycles. The number of aromatic nitrogens is 1. The van der Waals surface area contributed by atoms with E-state index in [-0.39, 0.29) is 5.56 Å². The number of anilines is 1. The molecule has 3 rings (SSSR count). The molecule has 0 spiro atoms. The Morgan fingerprint density at radius 3 is 2.65 bits per heavy atom. The zero-order valence-corrected chi connectivity index (χ0v) is 12.6. The second-order valence-electron chi connectivity index (χ2n) is 4.64. The highest BCUT2D eigenvalue weighted by Gasteiger charge is 2.15. The Bertz CT molecular complexity index is 900. The van der Waals surface area contributed by atoms with Crippen molar-refractivity contribution in [2.45, 2.75) is 0 Å². The third-order valence-corrected chi connectivity index (χ3v) is 3.96. The van der Waals surface area contributed by atoms with Crippen LogP contribution in [-0.4, -0.2) is 10.9 Å². The Morgan fingerprint density at radius 2 is 1.96 bits per heavy atom. The standard InChI is InChI=1S/C17H10FN3OS/c18-13-8-4-7-12(9-13)16(22)21-17-20-15(14(10-19)23-17)11-5-2-1-3-6-11/h1-9H,(H,20,21,22). The van der Waals surface area contributed by atoms with Gasteiger partial charge in [-0.05, 0) is 18.2 Å². The SMILES string of the molecule is N#Cc1sc(NC(=O)c2cccc(F)c2)nc1-c1ccccc1. The molecular formula is C17H10FN3OS. The van der Waals surface area contributed by atoms with Crippen molar-refractivity contribution >= 4 is 22.4 Å². The minimum Gasteiger partial charge on any atom is -0.298 e. The van der Waals surface area contributed by atoms with Gasteiger partial charge >= 0.3 is 0 Å². The molecule has 1 heterocycles. The largest absolute Gasteiger partial charge is 0.298 e. The molecule has 0 atom stereocenters. The molecule has 0 saturated heterocycles. The third-order valence-electron chi connectivity index (χ3n) is 3.08. The summed E-state index contributed by atoms with van der Waals surface area (Å²) in [5, 5.41) is 12.1. The van der Waals surface area contributed by atoms with Crippen molar-refractivity contribution < 1.29 is 9.18 Å². The quantitative estimate of drug-likeness (QED) is 0.790. The fraction of sp³-hybridized carbons (Fsp3) is 0. The van der Waals surface area contributed by atoms with E-state index < -0.39 is 11.7 Å². The second-order valence-corrected chi connectivity index (χ2v) is 5.64. The van der Waals surface area contributed by atoms with Gasteiger partial charge in [0.1, 0.15) is 22.5 Å². The first-order valence-corrected chi connectivity index (χ1v) is 7.52. The van der Waals surface area contributed by atoms with E-state index >= 15 is 0 Å². The van der Waals surface area contributed by atoms with Crippen molar-refractivity contribution in [3.8, 4) is 17.3 Å². The molecule has 112 valence electrons. The summed E-state index contributed by atoms with van der Waals surface area (Å²) in [7, 11) is 0. The van der Waals surface area contributed by atoms with Gasteiger partial charge in [0.05, 0.1) is 0 Å². The predicted molar refractivity (Wildman–Crippen MR) is 86.6 cm³/mol. The Kier molecular flexibility index (Phi) is 4.13. The Balaban J connectivity index is 1.89. The molecule has 6 heteroatoms. The lowest BCUT2D eigenvalue weighted by molar-refractivity contribution is 0.102. The van der Waals surface area contributed by atoms with Gasteiger partial charge in [0.25, 0.3) is 5.91 Å². The van der Waals surface area contributed by atoms with Gasteiger partial charge in [-0.25, -0.2) is 9.37 Å². The summed E-state index contributed by atoms with van der Waals surface area (Å²) >= 11 is 1.08. The summed E-state index contributed by atoms with van der Waals surface area (Å²) in [4.78, 5) is 16.8. The van der Waals surface area contributed by atoms with Gasteiger partial charge < -0.3 is 0 Å². The number of rotatable bonds is 3. The molecule has 0 fully saturated rings. The van der Waals surface area contributed by atoms with Crippen LogP contribution >= 0.6 is 11.3 Å². The number of amides is 1. The van der Waals surface area contributed by atoms with Gasteiger partial charge in [0, 0.05) is 11.1 Å². The molecule has 1 N–H and O–H groups in total. The van der Waals surface area contributed by atoms with Crippen LogP contribution in [0.25, 0.3) is 11.3 Å². The van der Waals surface area contributed by atoms with Crippen LogP contribution in [0.15, 0.2) is 54.6 Å². The van der Waals surface area contributed by atoms with Gasteiger partial charge in [-0.15, -0.1) is 0 Å². The summed E-state index contributed by atoms with van der Waals surface area (Å²) < 4.78 is 13.2. The molecule has 0 bridgehead atoms. The summed E-state index contributed by atoms with van der Waals surface area (Å²) in [5.41, 5.74) is 1.51. The van der Waals surface area contributed by atoms with E-state index in [4.69, 9.17) is 0 Å². The molecule has 0 aliphatic carbocycles. The van der Waals surface area contributed by atoms with Crippen molar-refractivity contribution in [2.24, 2.45) is 0 Å². The number of nitrogens with one attached hydrogen (secondary N) is 1. The minimum absolute atomic E-state index is 0.194. The van der Waals surface area contributed by atoms with E-state index in [1.54, 1.807) is 0 Å². The van der Waals surface area contributed by atoms with Crippen molar-refractivity contribution in [3.63, 3.8) is 0 Å². The molecule has 0 unspecified atom stereocenters. The Hall–Kier alpha value is -3.04. The van der Waals surface area contributed by atoms with E-state index in [2.05, 4.69) is 16.4 Å². The maximum Gasteiger partial charge on any atom is 0.257 e. The van der Waals surface area contributed by atoms with Crippen LogP contribution in [-0.2, 0) is 0 Å². The van der Waals surface area contributed by atoms with E-state index in [0.717, 1.165) is 23.0 Å². The third kappa shape index (κ3) is 3.25. The van der Waals surface area contributed by atoms with Gasteiger partial charge in [-0.1, -0.05) is 47.7 Å². The Morgan fingerprint density at radius 1 is 1.17 bits per heavy atom.